The van der Waals surface area contributed by atoms with Gasteiger partial charge in [0.2, 0.25) is 17.8 Å². The molecule has 0 saturated heterocycles. The van der Waals surface area contributed by atoms with E-state index in [0.717, 1.165) is 0 Å². The van der Waals surface area contributed by atoms with Crippen LogP contribution in [0.1, 0.15) is 38.4 Å². The van der Waals surface area contributed by atoms with Crippen molar-refractivity contribution in [3.05, 3.63) is 5.82 Å². The molecule has 1 aliphatic carbocycles. The van der Waals surface area contributed by atoms with E-state index in [1.54, 1.807) is 0 Å². The summed E-state index contributed by atoms with van der Waals surface area (Å²) in [4.78, 5) is 15.9. The molecular formula is C11H16F2N4O. The lowest BCUT2D eigenvalue weighted by Gasteiger charge is -2.26. The van der Waals surface area contributed by atoms with E-state index >= 15 is 0 Å². The van der Waals surface area contributed by atoms with Crippen molar-refractivity contribution < 1.29 is 13.6 Å². The Labute approximate surface area is 103 Å². The Morgan fingerprint density at radius 2 is 2.17 bits per heavy atom. The molecule has 5 nitrogen and oxygen atoms in total. The first kappa shape index (κ1) is 12.9. The molecule has 7 heteroatoms. The lowest BCUT2D eigenvalue weighted by molar-refractivity contribution is -0.124. The largest absolute Gasteiger partial charge is 0.293 e. The zero-order valence-corrected chi connectivity index (χ0v) is 10.2. The van der Waals surface area contributed by atoms with Crippen molar-refractivity contribution in [2.45, 2.75) is 45.0 Å². The van der Waals surface area contributed by atoms with Crippen molar-refractivity contribution in [1.82, 2.24) is 15.2 Å². The molecular weight excluding hydrogens is 242 g/mol. The smallest absolute Gasteiger partial charge is 0.248 e. The standard InChI is InChI=1S/C11H16F2N4O/c1-2-8-14-10(17-16-8)15-9(18)7-3-5-11(12,13)6-4-7/h7H,2-6H2,1H3,(H2,14,15,16,17,18). The molecule has 0 aliphatic heterocycles. The number of amides is 1. The molecule has 0 atom stereocenters. The van der Waals surface area contributed by atoms with Crippen LogP contribution in [0.2, 0.25) is 0 Å². The summed E-state index contributed by atoms with van der Waals surface area (Å²) in [5.74, 6) is -2.36. The minimum absolute atomic E-state index is 0.212. The molecule has 1 aromatic rings. The van der Waals surface area contributed by atoms with Crippen molar-refractivity contribution in [1.29, 1.82) is 0 Å². The average Bonchev–Trinajstić information content (AvgIpc) is 2.76. The number of hydrogen-bond donors (Lipinski definition) is 2. The fourth-order valence-electron chi connectivity index (χ4n) is 2.02. The van der Waals surface area contributed by atoms with Gasteiger partial charge in [-0.15, -0.1) is 5.10 Å². The number of rotatable bonds is 3. The third kappa shape index (κ3) is 3.02. The normalized spacial score (nSPS) is 19.7. The zero-order chi connectivity index (χ0) is 13.2. The maximum Gasteiger partial charge on any atom is 0.248 e. The summed E-state index contributed by atoms with van der Waals surface area (Å²) in [5.41, 5.74) is 0. The number of aryl methyl sites for hydroxylation is 1. The molecule has 2 N–H and O–H groups in total. The minimum Gasteiger partial charge on any atom is -0.293 e. The Morgan fingerprint density at radius 1 is 1.50 bits per heavy atom. The Bertz CT molecular complexity index is 422. The molecule has 0 bridgehead atoms. The highest BCUT2D eigenvalue weighted by Gasteiger charge is 2.37. The second-order valence-corrected chi connectivity index (χ2v) is 4.58. The van der Waals surface area contributed by atoms with E-state index in [2.05, 4.69) is 20.5 Å². The highest BCUT2D eigenvalue weighted by atomic mass is 19.3. The predicted molar refractivity (Wildman–Crippen MR) is 61.3 cm³/mol. The fraction of sp³-hybridized carbons (Fsp3) is 0.727. The van der Waals surface area contributed by atoms with E-state index in [-0.39, 0.29) is 43.5 Å². The average molecular weight is 258 g/mol. The number of nitrogens with zero attached hydrogens (tertiary/aromatic N) is 2. The number of halogens is 2. The Kier molecular flexibility index (Phi) is 3.58. The molecule has 1 amide bonds. The van der Waals surface area contributed by atoms with Gasteiger partial charge in [-0.05, 0) is 12.8 Å². The summed E-state index contributed by atoms with van der Waals surface area (Å²) in [6.45, 7) is 1.91. The van der Waals surface area contributed by atoms with E-state index in [0.29, 0.717) is 12.2 Å². The fourth-order valence-corrected chi connectivity index (χ4v) is 2.02. The predicted octanol–water partition coefficient (Wildman–Crippen LogP) is 2.13. The third-order valence-corrected chi connectivity index (χ3v) is 3.19. The monoisotopic (exact) mass is 258 g/mol. The lowest BCUT2D eigenvalue weighted by Crippen LogP contribution is -2.32. The van der Waals surface area contributed by atoms with E-state index in [1.807, 2.05) is 6.92 Å². The number of carbonyl (C=O) groups is 1. The SMILES string of the molecule is CCc1nc(NC(=O)C2CCC(F)(F)CC2)n[nH]1. The number of H-pyrrole nitrogens is 1. The van der Waals surface area contributed by atoms with E-state index in [4.69, 9.17) is 0 Å². The summed E-state index contributed by atoms with van der Waals surface area (Å²) in [7, 11) is 0. The molecule has 0 aromatic carbocycles. The van der Waals surface area contributed by atoms with E-state index in [9.17, 15) is 13.6 Å². The van der Waals surface area contributed by atoms with Gasteiger partial charge < -0.3 is 0 Å². The molecule has 18 heavy (non-hydrogen) atoms. The molecule has 1 aromatic heterocycles. The lowest BCUT2D eigenvalue weighted by atomic mass is 9.86. The summed E-state index contributed by atoms with van der Waals surface area (Å²) in [6, 6.07) is 0. The number of aromatic nitrogens is 3. The van der Waals surface area contributed by atoms with Gasteiger partial charge in [0.15, 0.2) is 0 Å². The Balaban J connectivity index is 1.89. The first-order chi connectivity index (χ1) is 8.50. The van der Waals surface area contributed by atoms with Gasteiger partial charge in [-0.1, -0.05) is 6.92 Å². The van der Waals surface area contributed by atoms with Crippen LogP contribution in [0.5, 0.6) is 0 Å². The topological polar surface area (TPSA) is 70.7 Å². The van der Waals surface area contributed by atoms with Gasteiger partial charge >= 0.3 is 0 Å². The van der Waals surface area contributed by atoms with Crippen molar-refractivity contribution >= 4 is 11.9 Å². The number of anilines is 1. The number of hydrogen-bond acceptors (Lipinski definition) is 3. The van der Waals surface area contributed by atoms with Crippen LogP contribution in [0.3, 0.4) is 0 Å². The molecule has 1 heterocycles. The Morgan fingerprint density at radius 3 is 2.72 bits per heavy atom. The maximum atomic E-state index is 13.0. The minimum atomic E-state index is -2.61. The summed E-state index contributed by atoms with van der Waals surface area (Å²) < 4.78 is 25.9. The maximum absolute atomic E-state index is 13.0. The molecule has 1 saturated carbocycles. The van der Waals surface area contributed by atoms with Gasteiger partial charge in [0, 0.05) is 25.2 Å². The molecule has 0 radical (unpaired) electrons. The van der Waals surface area contributed by atoms with Gasteiger partial charge in [0.25, 0.3) is 0 Å². The number of carbonyl (C=O) groups excluding carboxylic acids is 1. The highest BCUT2D eigenvalue weighted by molar-refractivity contribution is 5.90. The van der Waals surface area contributed by atoms with Crippen LogP contribution in [0, 0.1) is 5.92 Å². The van der Waals surface area contributed by atoms with E-state index < -0.39 is 5.92 Å². The van der Waals surface area contributed by atoms with Crippen LogP contribution in [-0.4, -0.2) is 27.0 Å². The van der Waals surface area contributed by atoms with Gasteiger partial charge in [0.1, 0.15) is 5.82 Å². The van der Waals surface area contributed by atoms with Crippen LogP contribution >= 0.6 is 0 Å². The van der Waals surface area contributed by atoms with Gasteiger partial charge in [-0.3, -0.25) is 15.2 Å². The second kappa shape index (κ2) is 4.99. The Hall–Kier alpha value is -1.53. The van der Waals surface area contributed by atoms with Crippen molar-refractivity contribution in [3.63, 3.8) is 0 Å². The van der Waals surface area contributed by atoms with Crippen molar-refractivity contribution in [3.8, 4) is 0 Å². The molecule has 100 valence electrons. The van der Waals surface area contributed by atoms with Crippen LogP contribution in [0.4, 0.5) is 14.7 Å². The van der Waals surface area contributed by atoms with Gasteiger partial charge in [-0.25, -0.2) is 8.78 Å². The summed E-state index contributed by atoms with van der Waals surface area (Å²) >= 11 is 0. The number of aromatic amines is 1. The summed E-state index contributed by atoms with van der Waals surface area (Å²) in [5, 5.41) is 9.07. The van der Waals surface area contributed by atoms with Gasteiger partial charge in [0.05, 0.1) is 0 Å². The molecule has 2 rings (SSSR count). The molecule has 1 fully saturated rings. The third-order valence-electron chi connectivity index (χ3n) is 3.19. The second-order valence-electron chi connectivity index (χ2n) is 4.58. The van der Waals surface area contributed by atoms with Gasteiger partial charge in [-0.2, -0.15) is 4.98 Å². The quantitative estimate of drug-likeness (QED) is 0.872. The number of alkyl halides is 2. The molecule has 0 spiro atoms. The van der Waals surface area contributed by atoms with Crippen LogP contribution < -0.4 is 5.32 Å². The molecule has 1 aliphatic rings. The van der Waals surface area contributed by atoms with Crippen LogP contribution in [0.15, 0.2) is 0 Å². The first-order valence-electron chi connectivity index (χ1n) is 6.10. The van der Waals surface area contributed by atoms with E-state index in [1.165, 1.54) is 0 Å². The summed E-state index contributed by atoms with van der Waals surface area (Å²) in [6.07, 6.45) is 0.672. The first-order valence-corrected chi connectivity index (χ1v) is 6.10. The van der Waals surface area contributed by atoms with Crippen LogP contribution in [-0.2, 0) is 11.2 Å². The number of nitrogens with one attached hydrogen (secondary N) is 2. The highest BCUT2D eigenvalue weighted by Crippen LogP contribution is 2.36. The van der Waals surface area contributed by atoms with Crippen molar-refractivity contribution in [2.24, 2.45) is 5.92 Å². The molecule has 0 unspecified atom stereocenters. The van der Waals surface area contributed by atoms with Crippen LogP contribution in [0.25, 0.3) is 0 Å². The van der Waals surface area contributed by atoms with Crippen molar-refractivity contribution in [2.75, 3.05) is 5.32 Å². The zero-order valence-electron chi connectivity index (χ0n) is 10.2.